The highest BCUT2D eigenvalue weighted by molar-refractivity contribution is 5.50. The third kappa shape index (κ3) is 2.66. The van der Waals surface area contributed by atoms with Gasteiger partial charge in [-0.25, -0.2) is 4.98 Å². The van der Waals surface area contributed by atoms with Crippen LogP contribution in [0.5, 0.6) is 0 Å². The van der Waals surface area contributed by atoms with E-state index in [0.29, 0.717) is 24.6 Å². The number of nitrogens with one attached hydrogen (secondary N) is 2. The Labute approximate surface area is 103 Å². The molecule has 18 heavy (non-hydrogen) atoms. The molecule has 0 bridgehead atoms. The number of rotatable bonds is 2. The van der Waals surface area contributed by atoms with Crippen molar-refractivity contribution in [3.8, 4) is 0 Å². The van der Waals surface area contributed by atoms with E-state index in [9.17, 15) is 13.2 Å². The summed E-state index contributed by atoms with van der Waals surface area (Å²) in [7, 11) is 1.71. The van der Waals surface area contributed by atoms with Crippen LogP contribution in [0.25, 0.3) is 0 Å². The molecule has 1 saturated heterocycles. The van der Waals surface area contributed by atoms with Gasteiger partial charge in [-0.2, -0.15) is 13.2 Å². The average molecular weight is 260 g/mol. The highest BCUT2D eigenvalue weighted by atomic mass is 19.4. The van der Waals surface area contributed by atoms with Gasteiger partial charge in [-0.15, -0.1) is 0 Å². The first-order valence-electron chi connectivity index (χ1n) is 5.70. The van der Waals surface area contributed by atoms with E-state index in [1.165, 1.54) is 11.1 Å². The SMILES string of the molecule is CNc1ccc(N2CCNC[C@H]2C(F)(F)F)cn1. The Balaban J connectivity index is 2.22. The van der Waals surface area contributed by atoms with E-state index in [0.717, 1.165) is 0 Å². The van der Waals surface area contributed by atoms with Crippen molar-refractivity contribution in [3.63, 3.8) is 0 Å². The summed E-state index contributed by atoms with van der Waals surface area (Å²) in [5.41, 5.74) is 0.498. The van der Waals surface area contributed by atoms with Crippen molar-refractivity contribution in [2.75, 3.05) is 36.9 Å². The number of pyridine rings is 1. The maximum absolute atomic E-state index is 12.9. The molecule has 1 aromatic rings. The quantitative estimate of drug-likeness (QED) is 0.844. The highest BCUT2D eigenvalue weighted by Gasteiger charge is 2.44. The molecule has 0 spiro atoms. The molecule has 0 radical (unpaired) electrons. The normalized spacial score (nSPS) is 20.9. The summed E-state index contributed by atoms with van der Waals surface area (Å²) in [4.78, 5) is 5.40. The first kappa shape index (κ1) is 12.9. The number of hydrogen-bond acceptors (Lipinski definition) is 4. The van der Waals surface area contributed by atoms with Crippen LogP contribution in [0.3, 0.4) is 0 Å². The number of hydrogen-bond donors (Lipinski definition) is 2. The fourth-order valence-corrected chi connectivity index (χ4v) is 2.01. The lowest BCUT2D eigenvalue weighted by molar-refractivity contribution is -0.149. The summed E-state index contributed by atoms with van der Waals surface area (Å²) in [6.45, 7) is 0.780. The number of halogens is 3. The third-order valence-electron chi connectivity index (χ3n) is 2.96. The van der Waals surface area contributed by atoms with E-state index >= 15 is 0 Å². The summed E-state index contributed by atoms with van der Waals surface area (Å²) in [6, 6.07) is 1.83. The lowest BCUT2D eigenvalue weighted by atomic mass is 10.1. The van der Waals surface area contributed by atoms with Crippen molar-refractivity contribution in [1.82, 2.24) is 10.3 Å². The number of anilines is 2. The Bertz CT molecular complexity index is 390. The number of nitrogens with zero attached hydrogens (tertiary/aromatic N) is 2. The Kier molecular flexibility index (Phi) is 3.60. The van der Waals surface area contributed by atoms with E-state index in [-0.39, 0.29) is 6.54 Å². The van der Waals surface area contributed by atoms with Gasteiger partial charge < -0.3 is 15.5 Å². The molecule has 4 nitrogen and oxygen atoms in total. The topological polar surface area (TPSA) is 40.2 Å². The largest absolute Gasteiger partial charge is 0.409 e. The van der Waals surface area contributed by atoms with Crippen LogP contribution in [-0.2, 0) is 0 Å². The van der Waals surface area contributed by atoms with Gasteiger partial charge >= 0.3 is 6.18 Å². The molecule has 1 aliphatic heterocycles. The maximum Gasteiger partial charge on any atom is 0.409 e. The molecular formula is C11H15F3N4. The molecular weight excluding hydrogens is 245 g/mol. The van der Waals surface area contributed by atoms with Gasteiger partial charge in [0.1, 0.15) is 11.9 Å². The number of piperazine rings is 1. The summed E-state index contributed by atoms with van der Waals surface area (Å²) >= 11 is 0. The van der Waals surface area contributed by atoms with Gasteiger partial charge in [0.15, 0.2) is 0 Å². The molecule has 0 amide bonds. The average Bonchev–Trinajstić information content (AvgIpc) is 2.38. The smallest absolute Gasteiger partial charge is 0.373 e. The van der Waals surface area contributed by atoms with Gasteiger partial charge in [0.05, 0.1) is 11.9 Å². The Morgan fingerprint density at radius 2 is 2.22 bits per heavy atom. The fraction of sp³-hybridized carbons (Fsp3) is 0.545. The molecule has 1 aliphatic rings. The lowest BCUT2D eigenvalue weighted by Crippen LogP contribution is -2.58. The Hall–Kier alpha value is -1.50. The van der Waals surface area contributed by atoms with Crippen LogP contribution < -0.4 is 15.5 Å². The minimum absolute atomic E-state index is 0.0860. The van der Waals surface area contributed by atoms with Crippen LogP contribution in [0.1, 0.15) is 0 Å². The zero-order chi connectivity index (χ0) is 13.2. The standard InChI is InChI=1S/C11H15F3N4/c1-15-10-3-2-8(6-17-10)18-5-4-16-7-9(18)11(12,13)14/h2-3,6,9,16H,4-5,7H2,1H3,(H,15,17)/t9-/m0/s1. The second-order valence-corrected chi connectivity index (χ2v) is 4.11. The van der Waals surface area contributed by atoms with Crippen LogP contribution in [0.2, 0.25) is 0 Å². The molecule has 2 N–H and O–H groups in total. The van der Waals surface area contributed by atoms with Gasteiger partial charge in [-0.1, -0.05) is 0 Å². The first-order valence-corrected chi connectivity index (χ1v) is 5.70. The van der Waals surface area contributed by atoms with Crippen molar-refractivity contribution in [2.45, 2.75) is 12.2 Å². The van der Waals surface area contributed by atoms with E-state index in [1.54, 1.807) is 19.2 Å². The molecule has 0 aliphatic carbocycles. The van der Waals surface area contributed by atoms with Crippen molar-refractivity contribution in [1.29, 1.82) is 0 Å². The molecule has 1 aromatic heterocycles. The molecule has 1 atom stereocenters. The second kappa shape index (κ2) is 5.01. The van der Waals surface area contributed by atoms with Gasteiger partial charge in [0.2, 0.25) is 0 Å². The van der Waals surface area contributed by atoms with Crippen LogP contribution >= 0.6 is 0 Å². The van der Waals surface area contributed by atoms with Crippen molar-refractivity contribution < 1.29 is 13.2 Å². The molecule has 0 aromatic carbocycles. The second-order valence-electron chi connectivity index (χ2n) is 4.11. The molecule has 1 fully saturated rings. The van der Waals surface area contributed by atoms with Crippen molar-refractivity contribution in [3.05, 3.63) is 18.3 Å². The number of alkyl halides is 3. The third-order valence-corrected chi connectivity index (χ3v) is 2.96. The summed E-state index contributed by atoms with van der Waals surface area (Å²) in [5, 5.41) is 5.60. The molecule has 2 rings (SSSR count). The monoisotopic (exact) mass is 260 g/mol. The predicted octanol–water partition coefficient (Wildman–Crippen LogP) is 1.46. The van der Waals surface area contributed by atoms with Crippen LogP contribution in [-0.4, -0.2) is 43.9 Å². The maximum atomic E-state index is 12.9. The highest BCUT2D eigenvalue weighted by Crippen LogP contribution is 2.29. The minimum atomic E-state index is -4.24. The fourth-order valence-electron chi connectivity index (χ4n) is 2.01. The molecule has 7 heteroatoms. The van der Waals surface area contributed by atoms with Gasteiger partial charge in [0, 0.05) is 26.7 Å². The Morgan fingerprint density at radius 3 is 2.78 bits per heavy atom. The lowest BCUT2D eigenvalue weighted by Gasteiger charge is -2.38. The Morgan fingerprint density at radius 1 is 1.44 bits per heavy atom. The summed E-state index contributed by atoms with van der Waals surface area (Å²) in [6.07, 6.45) is -2.77. The summed E-state index contributed by atoms with van der Waals surface area (Å²) < 4.78 is 38.7. The van der Waals surface area contributed by atoms with Crippen LogP contribution in [0.4, 0.5) is 24.7 Å². The minimum Gasteiger partial charge on any atom is -0.373 e. The van der Waals surface area contributed by atoms with Crippen LogP contribution in [0, 0.1) is 0 Å². The van der Waals surface area contributed by atoms with Crippen molar-refractivity contribution >= 4 is 11.5 Å². The van der Waals surface area contributed by atoms with E-state index in [2.05, 4.69) is 15.6 Å². The van der Waals surface area contributed by atoms with E-state index < -0.39 is 12.2 Å². The zero-order valence-electron chi connectivity index (χ0n) is 9.96. The van der Waals surface area contributed by atoms with Gasteiger partial charge in [0.25, 0.3) is 0 Å². The molecule has 0 unspecified atom stereocenters. The first-order chi connectivity index (χ1) is 8.52. The van der Waals surface area contributed by atoms with Gasteiger partial charge in [-0.05, 0) is 12.1 Å². The van der Waals surface area contributed by atoms with E-state index in [1.807, 2.05) is 0 Å². The molecule has 100 valence electrons. The molecule has 0 saturated carbocycles. The van der Waals surface area contributed by atoms with Crippen LogP contribution in [0.15, 0.2) is 18.3 Å². The molecule has 2 heterocycles. The van der Waals surface area contributed by atoms with Gasteiger partial charge in [-0.3, -0.25) is 0 Å². The van der Waals surface area contributed by atoms with E-state index in [4.69, 9.17) is 0 Å². The predicted molar refractivity (Wildman–Crippen MR) is 63.8 cm³/mol. The zero-order valence-corrected chi connectivity index (χ0v) is 9.96. The summed E-state index contributed by atoms with van der Waals surface area (Å²) in [5.74, 6) is 0.637. The number of aromatic nitrogens is 1. The van der Waals surface area contributed by atoms with Crippen molar-refractivity contribution in [2.24, 2.45) is 0 Å².